The maximum atomic E-state index is 13.5. The number of allylic oxidation sites excluding steroid dienone is 3. The molecule has 3 nitrogen and oxygen atoms in total. The zero-order chi connectivity index (χ0) is 25.9. The van der Waals surface area contributed by atoms with Crippen molar-refractivity contribution >= 4 is 22.9 Å². The van der Waals surface area contributed by atoms with Gasteiger partial charge in [-0.3, -0.25) is 4.79 Å². The van der Waals surface area contributed by atoms with Crippen LogP contribution in [0, 0.1) is 5.82 Å². The fourth-order valence-corrected chi connectivity index (χ4v) is 6.31. The normalized spacial score (nSPS) is 24.8. The lowest BCUT2D eigenvalue weighted by Gasteiger charge is -2.22. The number of amides is 1. The number of nitrogens with zero attached hydrogens (tertiary/aromatic N) is 1. The summed E-state index contributed by atoms with van der Waals surface area (Å²) in [5.74, 6) is -1.00. The largest absolute Gasteiger partial charge is 0.418 e. The van der Waals surface area contributed by atoms with Gasteiger partial charge in [0.2, 0.25) is 6.04 Å². The smallest absolute Gasteiger partial charge is 0.321 e. The van der Waals surface area contributed by atoms with Crippen molar-refractivity contribution in [1.82, 2.24) is 0 Å². The Morgan fingerprint density at radius 2 is 1.78 bits per heavy atom. The average molecular weight is 508 g/mol. The number of fused-ring (bicyclic) bond motifs is 1. The lowest BCUT2D eigenvalue weighted by atomic mass is 9.83. The van der Waals surface area contributed by atoms with E-state index in [4.69, 9.17) is 0 Å². The summed E-state index contributed by atoms with van der Waals surface area (Å²) in [6.45, 7) is 1.89. The number of rotatable bonds is 4. The fourth-order valence-electron chi connectivity index (χ4n) is 6.31. The van der Waals surface area contributed by atoms with Crippen LogP contribution in [0.25, 0.3) is 5.57 Å². The van der Waals surface area contributed by atoms with Crippen molar-refractivity contribution in [3.05, 3.63) is 94.8 Å². The third kappa shape index (κ3) is 3.95. The highest BCUT2D eigenvalue weighted by Crippen LogP contribution is 2.52. The Balaban J connectivity index is 1.22. The molecule has 2 aliphatic carbocycles. The molecule has 2 unspecified atom stereocenters. The van der Waals surface area contributed by atoms with Gasteiger partial charge < -0.3 is 5.32 Å². The minimum atomic E-state index is -4.79. The van der Waals surface area contributed by atoms with Gasteiger partial charge in [-0.15, -0.1) is 0 Å². The Hall–Kier alpha value is -3.48. The van der Waals surface area contributed by atoms with Crippen molar-refractivity contribution < 1.29 is 26.9 Å². The molecule has 0 bridgehead atoms. The van der Waals surface area contributed by atoms with Crippen LogP contribution in [0.3, 0.4) is 0 Å². The Morgan fingerprint density at radius 3 is 2.49 bits per heavy atom. The second-order valence-corrected chi connectivity index (χ2v) is 10.4. The SMILES string of the molecule is CC1=[N+]2C3C=C(c4ccc(C5CCCCC5)cc4)C=CC32C(C(=O)Nc2ccc(F)cc2C(F)(F)F)=C1. The zero-order valence-corrected chi connectivity index (χ0v) is 20.4. The van der Waals surface area contributed by atoms with Gasteiger partial charge in [-0.25, -0.2) is 4.39 Å². The molecular weight excluding hydrogens is 480 g/mol. The summed E-state index contributed by atoms with van der Waals surface area (Å²) in [5, 5.41) is 2.38. The third-order valence-electron chi connectivity index (χ3n) is 8.18. The second kappa shape index (κ2) is 8.54. The summed E-state index contributed by atoms with van der Waals surface area (Å²) in [5.41, 5.74) is 2.44. The minimum Gasteiger partial charge on any atom is -0.321 e. The molecule has 2 aliphatic heterocycles. The molecule has 1 saturated carbocycles. The van der Waals surface area contributed by atoms with Gasteiger partial charge in [0, 0.05) is 13.0 Å². The lowest BCUT2D eigenvalue weighted by Crippen LogP contribution is -2.28. The summed E-state index contributed by atoms with van der Waals surface area (Å²) in [7, 11) is 0. The molecule has 2 heterocycles. The number of hydrogen-bond acceptors (Lipinski definition) is 1. The van der Waals surface area contributed by atoms with Gasteiger partial charge in [0.05, 0.1) is 11.3 Å². The summed E-state index contributed by atoms with van der Waals surface area (Å²) in [6.07, 6.45) is 9.40. The number of benzene rings is 2. The van der Waals surface area contributed by atoms with Gasteiger partial charge in [0.1, 0.15) is 11.4 Å². The van der Waals surface area contributed by atoms with Crippen molar-refractivity contribution in [2.24, 2.45) is 0 Å². The first kappa shape index (κ1) is 23.9. The summed E-state index contributed by atoms with van der Waals surface area (Å²) < 4.78 is 55.9. The van der Waals surface area contributed by atoms with Gasteiger partial charge in [-0.1, -0.05) is 49.6 Å². The Kier molecular flexibility index (Phi) is 5.51. The highest BCUT2D eigenvalue weighted by Gasteiger charge is 2.76. The quantitative estimate of drug-likeness (QED) is 0.269. The predicted octanol–water partition coefficient (Wildman–Crippen LogP) is 7.02. The summed E-state index contributed by atoms with van der Waals surface area (Å²) >= 11 is 0. The van der Waals surface area contributed by atoms with Crippen LogP contribution in [0.1, 0.15) is 61.6 Å². The Labute approximate surface area is 212 Å². The Bertz CT molecular complexity index is 1410. The van der Waals surface area contributed by atoms with Crippen LogP contribution in [0.5, 0.6) is 0 Å². The molecule has 1 spiro atoms. The van der Waals surface area contributed by atoms with Crippen molar-refractivity contribution in [3.63, 3.8) is 0 Å². The van der Waals surface area contributed by atoms with Gasteiger partial charge in [-0.05, 0) is 65.8 Å². The van der Waals surface area contributed by atoms with Crippen LogP contribution in [-0.2, 0) is 11.0 Å². The van der Waals surface area contributed by atoms with E-state index in [2.05, 4.69) is 40.2 Å². The number of alkyl halides is 3. The first-order valence-corrected chi connectivity index (χ1v) is 12.7. The van der Waals surface area contributed by atoms with E-state index in [1.165, 1.54) is 37.7 Å². The van der Waals surface area contributed by atoms with E-state index < -0.39 is 34.7 Å². The van der Waals surface area contributed by atoms with Gasteiger partial charge in [0.25, 0.3) is 11.4 Å². The molecule has 2 aromatic rings. The molecule has 7 heteroatoms. The van der Waals surface area contributed by atoms with Crippen molar-refractivity contribution in [1.29, 1.82) is 0 Å². The summed E-state index contributed by atoms with van der Waals surface area (Å²) in [4.78, 5) is 13.2. The monoisotopic (exact) mass is 507 g/mol. The van der Waals surface area contributed by atoms with Crippen LogP contribution >= 0.6 is 0 Å². The first-order chi connectivity index (χ1) is 17.7. The predicted molar refractivity (Wildman–Crippen MR) is 135 cm³/mol. The topological polar surface area (TPSA) is 32.1 Å². The highest BCUT2D eigenvalue weighted by molar-refractivity contribution is 6.13. The Morgan fingerprint density at radius 1 is 1.05 bits per heavy atom. The maximum Gasteiger partial charge on any atom is 0.418 e. The maximum absolute atomic E-state index is 13.5. The molecule has 6 rings (SSSR count). The number of hydrogen-bond donors (Lipinski definition) is 1. The van der Waals surface area contributed by atoms with Crippen LogP contribution < -0.4 is 5.32 Å². The van der Waals surface area contributed by atoms with Crippen molar-refractivity contribution in [2.75, 3.05) is 5.32 Å². The van der Waals surface area contributed by atoms with Crippen LogP contribution in [0.15, 0.2) is 72.3 Å². The minimum absolute atomic E-state index is 0.0772. The molecule has 37 heavy (non-hydrogen) atoms. The molecule has 4 aliphatic rings. The van der Waals surface area contributed by atoms with Gasteiger partial charge in [0.15, 0.2) is 5.71 Å². The zero-order valence-electron chi connectivity index (χ0n) is 20.4. The van der Waals surface area contributed by atoms with Gasteiger partial charge >= 0.3 is 6.18 Å². The van der Waals surface area contributed by atoms with E-state index in [1.54, 1.807) is 6.08 Å². The average Bonchev–Trinajstić information content (AvgIpc) is 3.47. The number of anilines is 1. The van der Waals surface area contributed by atoms with E-state index in [9.17, 15) is 22.4 Å². The van der Waals surface area contributed by atoms with Crippen LogP contribution in [-0.4, -0.2) is 27.8 Å². The molecule has 0 radical (unpaired) electrons. The summed E-state index contributed by atoms with van der Waals surface area (Å²) in [6, 6.07) is 10.9. The lowest BCUT2D eigenvalue weighted by molar-refractivity contribution is -0.381. The molecule has 1 saturated heterocycles. The molecule has 0 aromatic heterocycles. The van der Waals surface area contributed by atoms with Crippen LogP contribution in [0.2, 0.25) is 0 Å². The second-order valence-electron chi connectivity index (χ2n) is 10.4. The van der Waals surface area contributed by atoms with E-state index in [0.29, 0.717) is 17.6 Å². The van der Waals surface area contributed by atoms with Crippen molar-refractivity contribution in [3.8, 4) is 0 Å². The highest BCUT2D eigenvalue weighted by atomic mass is 19.4. The number of carbonyl (C=O) groups excluding carboxylic acids is 1. The molecule has 2 fully saturated rings. The number of halogens is 4. The van der Waals surface area contributed by atoms with E-state index >= 15 is 0 Å². The fraction of sp³-hybridized carbons (Fsp3) is 0.333. The van der Waals surface area contributed by atoms with Crippen LogP contribution in [0.4, 0.5) is 23.2 Å². The van der Waals surface area contributed by atoms with Gasteiger partial charge in [-0.2, -0.15) is 17.7 Å². The third-order valence-corrected chi connectivity index (χ3v) is 8.18. The van der Waals surface area contributed by atoms with E-state index in [1.807, 2.05) is 19.1 Å². The standard InChI is InChI=1S/C30H26F4N2O/c1-18-15-25(28(37)35-26-12-11-23(31)17-24(26)30(32,33)34)29-14-13-22(16-27(29)36(18)29)21-9-7-20(8-10-21)19-5-3-2-4-6-19/h7-17,19,27H,2-6H2,1H3/p+1. The van der Waals surface area contributed by atoms with E-state index in [-0.39, 0.29) is 6.04 Å². The first-order valence-electron chi connectivity index (χ1n) is 12.7. The molecule has 2 aromatic carbocycles. The number of nitrogens with one attached hydrogen (secondary N) is 1. The van der Waals surface area contributed by atoms with Crippen molar-refractivity contribution in [2.45, 2.75) is 62.7 Å². The molecular formula is C30H27F4N2O+. The molecule has 2 atom stereocenters. The number of carbonyl (C=O) groups is 1. The molecule has 190 valence electrons. The van der Waals surface area contributed by atoms with E-state index in [0.717, 1.165) is 29.0 Å². The molecule has 1 amide bonds. The molecule has 1 N–H and O–H groups in total.